The van der Waals surface area contributed by atoms with Gasteiger partial charge >= 0.3 is 0 Å². The molecule has 0 bridgehead atoms. The van der Waals surface area contributed by atoms with Gasteiger partial charge in [-0.3, -0.25) is 0 Å². The average Bonchev–Trinajstić information content (AvgIpc) is 2.83. The highest BCUT2D eigenvalue weighted by molar-refractivity contribution is 6.17. The minimum absolute atomic E-state index is 0.932. The Bertz CT molecular complexity index is 1830. The van der Waals surface area contributed by atoms with Crippen LogP contribution in [0.5, 0.6) is 11.5 Å². The number of hydrogen-bond acceptors (Lipinski definition) is 1. The summed E-state index contributed by atoms with van der Waals surface area (Å²) in [6.07, 6.45) is 2.32. The fraction of sp³-hybridized carbons (Fsp3) is 0. The van der Waals surface area contributed by atoms with Crippen molar-refractivity contribution in [3.05, 3.63) is 107 Å². The van der Waals surface area contributed by atoms with Crippen molar-refractivity contribution in [1.29, 1.82) is 0 Å². The molecule has 1 aliphatic rings. The first-order chi connectivity index (χ1) is 15.3. The van der Waals surface area contributed by atoms with E-state index in [0.29, 0.717) is 0 Å². The van der Waals surface area contributed by atoms with E-state index >= 15 is 0 Å². The number of benzene rings is 6. The molecular formula is C30H18O. The highest BCUT2D eigenvalue weighted by Crippen LogP contribution is 2.44. The molecule has 0 spiro atoms. The first-order valence-electron chi connectivity index (χ1n) is 10.6. The molecule has 0 radical (unpaired) electrons. The molecule has 1 aliphatic heterocycles. The Kier molecular flexibility index (Phi) is 3.21. The Morgan fingerprint density at radius 1 is 0.484 bits per heavy atom. The first kappa shape index (κ1) is 16.7. The molecule has 1 heteroatoms. The fourth-order valence-electron chi connectivity index (χ4n) is 5.12. The summed E-state index contributed by atoms with van der Waals surface area (Å²) >= 11 is 0. The van der Waals surface area contributed by atoms with Crippen LogP contribution in [0.2, 0.25) is 0 Å². The van der Waals surface area contributed by atoms with E-state index in [0.717, 1.165) is 38.3 Å². The second-order valence-corrected chi connectivity index (χ2v) is 8.25. The maximum Gasteiger partial charge on any atom is 0.143 e. The van der Waals surface area contributed by atoms with Crippen molar-refractivity contribution in [3.63, 3.8) is 0 Å². The van der Waals surface area contributed by atoms with Crippen molar-refractivity contribution in [2.45, 2.75) is 0 Å². The molecule has 0 fully saturated rings. The van der Waals surface area contributed by atoms with E-state index in [-0.39, 0.29) is 0 Å². The fourth-order valence-corrected chi connectivity index (χ4v) is 5.12. The van der Waals surface area contributed by atoms with E-state index in [9.17, 15) is 0 Å². The normalized spacial score (nSPS) is 12.5. The second-order valence-electron chi connectivity index (χ2n) is 8.25. The van der Waals surface area contributed by atoms with Crippen LogP contribution in [0.3, 0.4) is 0 Å². The third-order valence-corrected chi connectivity index (χ3v) is 6.50. The van der Waals surface area contributed by atoms with Gasteiger partial charge < -0.3 is 4.74 Å². The van der Waals surface area contributed by atoms with Crippen molar-refractivity contribution < 1.29 is 4.74 Å². The van der Waals surface area contributed by atoms with E-state index in [1.165, 1.54) is 32.3 Å². The molecule has 0 N–H and O–H groups in total. The Morgan fingerprint density at radius 3 is 1.77 bits per heavy atom. The van der Waals surface area contributed by atoms with Crippen LogP contribution < -0.4 is 15.2 Å². The molecule has 1 heterocycles. The van der Waals surface area contributed by atoms with Crippen molar-refractivity contribution in [1.82, 2.24) is 0 Å². The lowest BCUT2D eigenvalue weighted by atomic mass is 9.91. The van der Waals surface area contributed by atoms with Crippen molar-refractivity contribution in [2.75, 3.05) is 0 Å². The molecular weight excluding hydrogens is 376 g/mol. The molecule has 1 nitrogen and oxygen atoms in total. The van der Waals surface area contributed by atoms with Gasteiger partial charge in [-0.15, -0.1) is 0 Å². The van der Waals surface area contributed by atoms with Crippen molar-refractivity contribution >= 4 is 55.7 Å². The van der Waals surface area contributed by atoms with Crippen LogP contribution in [0.4, 0.5) is 0 Å². The number of hydrogen-bond donors (Lipinski definition) is 0. The van der Waals surface area contributed by atoms with Crippen LogP contribution in [0.15, 0.2) is 91.0 Å². The standard InChI is InChI=1S/C30H18O/c1-18-14-15-25-26(16-18)21-10-3-5-12-23(21)28-17-27-22-11-4-2-8-19(22)20-9-6-7-13-24(20)29(27)31-30(25)28/h2-17H,1H2. The Hall–Kier alpha value is -4.10. The number of fused-ring (bicyclic) bond motifs is 12. The van der Waals surface area contributed by atoms with Gasteiger partial charge in [0.2, 0.25) is 0 Å². The lowest BCUT2D eigenvalue weighted by Gasteiger charge is -2.22. The Labute approximate surface area is 179 Å². The molecule has 0 atom stereocenters. The average molecular weight is 394 g/mol. The van der Waals surface area contributed by atoms with Gasteiger partial charge in [-0.25, -0.2) is 0 Å². The third kappa shape index (κ3) is 2.21. The lowest BCUT2D eigenvalue weighted by molar-refractivity contribution is 0.487. The molecule has 0 saturated carbocycles. The van der Waals surface area contributed by atoms with E-state index in [4.69, 9.17) is 4.74 Å². The van der Waals surface area contributed by atoms with Crippen LogP contribution in [-0.2, 0) is 0 Å². The quantitative estimate of drug-likeness (QED) is 0.262. The summed E-state index contributed by atoms with van der Waals surface area (Å²) < 4.78 is 6.81. The summed E-state index contributed by atoms with van der Waals surface area (Å²) in [5, 5.41) is 11.7. The molecule has 6 aromatic rings. The predicted octanol–water partition coefficient (Wildman–Crippen LogP) is 6.64. The van der Waals surface area contributed by atoms with Gasteiger partial charge in [-0.05, 0) is 49.7 Å². The monoisotopic (exact) mass is 394 g/mol. The molecule has 0 amide bonds. The minimum atomic E-state index is 0.932. The number of ether oxygens (including phenoxy) is 1. The minimum Gasteiger partial charge on any atom is -0.455 e. The summed E-state index contributed by atoms with van der Waals surface area (Å²) in [7, 11) is 0. The molecule has 6 aromatic carbocycles. The van der Waals surface area contributed by atoms with Crippen LogP contribution in [0.25, 0.3) is 55.7 Å². The van der Waals surface area contributed by atoms with Gasteiger partial charge in [0.25, 0.3) is 0 Å². The van der Waals surface area contributed by atoms with E-state index < -0.39 is 0 Å². The van der Waals surface area contributed by atoms with Crippen LogP contribution in [0.1, 0.15) is 5.56 Å². The van der Waals surface area contributed by atoms with Gasteiger partial charge in [-0.1, -0.05) is 91.5 Å². The van der Waals surface area contributed by atoms with Gasteiger partial charge in [0.15, 0.2) is 0 Å². The van der Waals surface area contributed by atoms with Gasteiger partial charge in [0.05, 0.1) is 0 Å². The zero-order valence-electron chi connectivity index (χ0n) is 16.9. The van der Waals surface area contributed by atoms with Gasteiger partial charge in [0.1, 0.15) is 11.5 Å². The van der Waals surface area contributed by atoms with Crippen LogP contribution in [0, 0.1) is 0 Å². The molecule has 31 heavy (non-hydrogen) atoms. The SMILES string of the molecule is C=c1ccc2c3c(c4ccccc4c2c1)=Cc1c(c2ccccc2c2ccccc12)O3. The maximum absolute atomic E-state index is 6.81. The molecule has 0 unspecified atom stereocenters. The predicted molar refractivity (Wildman–Crippen MR) is 131 cm³/mol. The smallest absolute Gasteiger partial charge is 0.143 e. The van der Waals surface area contributed by atoms with Gasteiger partial charge in [-0.2, -0.15) is 0 Å². The Balaban J connectivity index is 1.76. The summed E-state index contributed by atoms with van der Waals surface area (Å²) in [6.45, 7) is 4.15. The largest absolute Gasteiger partial charge is 0.455 e. The highest BCUT2D eigenvalue weighted by Gasteiger charge is 2.21. The molecule has 144 valence electrons. The van der Waals surface area contributed by atoms with Crippen molar-refractivity contribution in [3.8, 4) is 11.5 Å². The zero-order valence-corrected chi connectivity index (χ0v) is 16.9. The van der Waals surface area contributed by atoms with Crippen LogP contribution >= 0.6 is 0 Å². The highest BCUT2D eigenvalue weighted by atomic mass is 16.5. The maximum atomic E-state index is 6.81. The summed E-state index contributed by atoms with van der Waals surface area (Å²) in [6, 6.07) is 32.1. The second kappa shape index (κ2) is 5.96. The first-order valence-corrected chi connectivity index (χ1v) is 10.6. The third-order valence-electron chi connectivity index (χ3n) is 6.50. The summed E-state index contributed by atoms with van der Waals surface area (Å²) in [4.78, 5) is 0. The van der Waals surface area contributed by atoms with Gasteiger partial charge in [0, 0.05) is 21.6 Å². The topological polar surface area (TPSA) is 9.23 Å². The van der Waals surface area contributed by atoms with E-state index in [1.807, 2.05) is 0 Å². The zero-order chi connectivity index (χ0) is 20.5. The van der Waals surface area contributed by atoms with E-state index in [2.05, 4.69) is 104 Å². The Morgan fingerprint density at radius 2 is 1.03 bits per heavy atom. The molecule has 0 saturated heterocycles. The molecule has 0 aromatic heterocycles. The summed E-state index contributed by atoms with van der Waals surface area (Å²) in [5.41, 5.74) is 1.15. The lowest BCUT2D eigenvalue weighted by Crippen LogP contribution is -2.14. The number of rotatable bonds is 0. The molecule has 0 aliphatic carbocycles. The van der Waals surface area contributed by atoms with E-state index in [1.54, 1.807) is 0 Å². The summed E-state index contributed by atoms with van der Waals surface area (Å²) in [5.74, 6) is 1.87. The molecule has 7 rings (SSSR count). The van der Waals surface area contributed by atoms with Crippen molar-refractivity contribution in [2.24, 2.45) is 0 Å². The van der Waals surface area contributed by atoms with Crippen LogP contribution in [-0.4, -0.2) is 0 Å².